The van der Waals surface area contributed by atoms with Crippen molar-refractivity contribution in [3.63, 3.8) is 0 Å². The fraction of sp³-hybridized carbons (Fsp3) is 0.364. The largest absolute Gasteiger partial charge is 0.492 e. The number of ether oxygens (including phenoxy) is 2. The summed E-state index contributed by atoms with van der Waals surface area (Å²) in [6.07, 6.45) is 0.927. The highest BCUT2D eigenvalue weighted by atomic mass is 35.5. The average molecular weight is 414 g/mol. The molecule has 1 amide bonds. The van der Waals surface area contributed by atoms with Crippen LogP contribution in [0.5, 0.6) is 5.75 Å². The summed E-state index contributed by atoms with van der Waals surface area (Å²) in [4.78, 5) is 19.2. The molecule has 152 valence electrons. The molecule has 4 rings (SSSR count). The SMILES string of the molecule is Cc1ccc2c(c1)C(=Nc1ccc(OCCCN3CCOCC3)c(Cl)c1)C(=O)N2. The Morgan fingerprint density at radius 1 is 1.21 bits per heavy atom. The van der Waals surface area contributed by atoms with Gasteiger partial charge in [-0.05, 0) is 43.7 Å². The highest BCUT2D eigenvalue weighted by Crippen LogP contribution is 2.31. The fourth-order valence-corrected chi connectivity index (χ4v) is 3.71. The zero-order valence-electron chi connectivity index (χ0n) is 16.4. The number of carbonyl (C=O) groups is 1. The maximum Gasteiger partial charge on any atom is 0.275 e. The molecule has 1 saturated heterocycles. The molecule has 0 bridgehead atoms. The minimum Gasteiger partial charge on any atom is -0.492 e. The average Bonchev–Trinajstić information content (AvgIpc) is 3.02. The Morgan fingerprint density at radius 3 is 2.83 bits per heavy atom. The molecule has 29 heavy (non-hydrogen) atoms. The second-order valence-electron chi connectivity index (χ2n) is 7.23. The maximum absolute atomic E-state index is 12.3. The number of hydrogen-bond donors (Lipinski definition) is 1. The summed E-state index contributed by atoms with van der Waals surface area (Å²) in [6, 6.07) is 11.2. The molecule has 2 heterocycles. The number of benzene rings is 2. The number of nitrogens with zero attached hydrogens (tertiary/aromatic N) is 2. The fourth-order valence-electron chi connectivity index (χ4n) is 3.48. The highest BCUT2D eigenvalue weighted by molar-refractivity contribution is 6.54. The molecule has 0 aliphatic carbocycles. The Bertz CT molecular complexity index is 939. The van der Waals surface area contributed by atoms with Crippen LogP contribution >= 0.6 is 11.6 Å². The smallest absolute Gasteiger partial charge is 0.275 e. The number of rotatable bonds is 6. The van der Waals surface area contributed by atoms with Gasteiger partial charge in [0.15, 0.2) is 0 Å². The van der Waals surface area contributed by atoms with Gasteiger partial charge in [-0.15, -0.1) is 0 Å². The third-order valence-electron chi connectivity index (χ3n) is 5.03. The number of anilines is 1. The minimum atomic E-state index is -0.204. The van der Waals surface area contributed by atoms with Gasteiger partial charge in [0.2, 0.25) is 0 Å². The molecule has 0 atom stereocenters. The quantitative estimate of drug-likeness (QED) is 0.731. The Balaban J connectivity index is 1.39. The molecule has 2 aromatic rings. The molecule has 0 saturated carbocycles. The van der Waals surface area contributed by atoms with Gasteiger partial charge in [-0.3, -0.25) is 9.69 Å². The van der Waals surface area contributed by atoms with E-state index in [9.17, 15) is 4.79 Å². The summed E-state index contributed by atoms with van der Waals surface area (Å²) in [5.74, 6) is 0.426. The zero-order chi connectivity index (χ0) is 20.2. The zero-order valence-corrected chi connectivity index (χ0v) is 17.2. The number of aryl methyl sites for hydroxylation is 1. The Hall–Kier alpha value is -2.41. The topological polar surface area (TPSA) is 63.2 Å². The molecular formula is C22H24ClN3O3. The van der Waals surface area contributed by atoms with E-state index in [-0.39, 0.29) is 5.91 Å². The van der Waals surface area contributed by atoms with Crippen molar-refractivity contribution in [2.45, 2.75) is 13.3 Å². The summed E-state index contributed by atoms with van der Waals surface area (Å²) in [6.45, 7) is 7.14. The number of carbonyl (C=O) groups excluding carboxylic acids is 1. The Kier molecular flexibility index (Phi) is 6.13. The Labute approximate surface area is 175 Å². The molecular weight excluding hydrogens is 390 g/mol. The number of morpholine rings is 1. The predicted molar refractivity (Wildman–Crippen MR) is 115 cm³/mol. The molecule has 0 unspecified atom stereocenters. The van der Waals surface area contributed by atoms with Crippen molar-refractivity contribution < 1.29 is 14.3 Å². The van der Waals surface area contributed by atoms with Gasteiger partial charge in [0.25, 0.3) is 5.91 Å². The third-order valence-corrected chi connectivity index (χ3v) is 5.33. The van der Waals surface area contributed by atoms with Crippen LogP contribution < -0.4 is 10.1 Å². The van der Waals surface area contributed by atoms with Crippen LogP contribution in [0.25, 0.3) is 0 Å². The van der Waals surface area contributed by atoms with Gasteiger partial charge in [-0.25, -0.2) is 4.99 Å². The molecule has 0 aromatic heterocycles. The molecule has 0 radical (unpaired) electrons. The molecule has 7 heteroatoms. The van der Waals surface area contributed by atoms with E-state index in [1.807, 2.05) is 31.2 Å². The number of fused-ring (bicyclic) bond motifs is 1. The lowest BCUT2D eigenvalue weighted by atomic mass is 10.1. The first-order valence-electron chi connectivity index (χ1n) is 9.84. The number of amides is 1. The lowest BCUT2D eigenvalue weighted by Crippen LogP contribution is -2.37. The van der Waals surface area contributed by atoms with Crippen molar-refractivity contribution in [3.05, 3.63) is 52.5 Å². The van der Waals surface area contributed by atoms with E-state index < -0.39 is 0 Å². The molecule has 1 fully saturated rings. The summed E-state index contributed by atoms with van der Waals surface area (Å²) in [5.41, 5.74) is 3.70. The van der Waals surface area contributed by atoms with Gasteiger partial charge in [0.05, 0.1) is 36.2 Å². The van der Waals surface area contributed by atoms with Gasteiger partial charge in [0.1, 0.15) is 11.5 Å². The molecule has 0 spiro atoms. The summed E-state index contributed by atoms with van der Waals surface area (Å²) in [5, 5.41) is 3.33. The number of halogens is 1. The number of hydrogen-bond acceptors (Lipinski definition) is 5. The van der Waals surface area contributed by atoms with Crippen molar-refractivity contribution >= 4 is 34.6 Å². The summed E-state index contributed by atoms with van der Waals surface area (Å²) in [7, 11) is 0. The second kappa shape index (κ2) is 8.95. The van der Waals surface area contributed by atoms with Crippen LogP contribution in [0.4, 0.5) is 11.4 Å². The van der Waals surface area contributed by atoms with Crippen LogP contribution in [0, 0.1) is 6.92 Å². The first kappa shape index (κ1) is 19.9. The Morgan fingerprint density at radius 2 is 2.03 bits per heavy atom. The van der Waals surface area contributed by atoms with Crippen molar-refractivity contribution in [1.29, 1.82) is 0 Å². The van der Waals surface area contributed by atoms with Crippen LogP contribution in [0.15, 0.2) is 41.4 Å². The molecule has 1 N–H and O–H groups in total. The van der Waals surface area contributed by atoms with Crippen LogP contribution in [0.2, 0.25) is 5.02 Å². The van der Waals surface area contributed by atoms with E-state index in [4.69, 9.17) is 21.1 Å². The maximum atomic E-state index is 12.3. The van der Waals surface area contributed by atoms with Crippen molar-refractivity contribution in [2.75, 3.05) is 44.8 Å². The lowest BCUT2D eigenvalue weighted by Gasteiger charge is -2.26. The molecule has 2 aromatic carbocycles. The van der Waals surface area contributed by atoms with E-state index in [2.05, 4.69) is 15.2 Å². The van der Waals surface area contributed by atoms with E-state index in [1.54, 1.807) is 12.1 Å². The van der Waals surface area contributed by atoms with Crippen molar-refractivity contribution in [2.24, 2.45) is 4.99 Å². The van der Waals surface area contributed by atoms with E-state index in [0.717, 1.165) is 56.1 Å². The van der Waals surface area contributed by atoms with Gasteiger partial charge in [-0.1, -0.05) is 23.2 Å². The molecule has 2 aliphatic heterocycles. The van der Waals surface area contributed by atoms with Gasteiger partial charge >= 0.3 is 0 Å². The second-order valence-corrected chi connectivity index (χ2v) is 7.64. The van der Waals surface area contributed by atoms with E-state index >= 15 is 0 Å². The highest BCUT2D eigenvalue weighted by Gasteiger charge is 2.26. The van der Waals surface area contributed by atoms with Crippen molar-refractivity contribution in [1.82, 2.24) is 4.90 Å². The monoisotopic (exact) mass is 413 g/mol. The van der Waals surface area contributed by atoms with Crippen LogP contribution in [0.3, 0.4) is 0 Å². The standard InChI is InChI=1S/C22H24ClN3O3/c1-15-3-5-19-17(13-15)21(22(27)25-19)24-16-4-6-20(18(23)14-16)29-10-2-7-26-8-11-28-12-9-26/h3-6,13-14H,2,7-12H2,1H3,(H,24,25,27). The van der Waals surface area contributed by atoms with Crippen molar-refractivity contribution in [3.8, 4) is 5.75 Å². The van der Waals surface area contributed by atoms with Gasteiger partial charge < -0.3 is 14.8 Å². The van der Waals surface area contributed by atoms with E-state index in [1.165, 1.54) is 0 Å². The first-order valence-corrected chi connectivity index (χ1v) is 10.2. The number of aliphatic imine (C=N–C) groups is 1. The predicted octanol–water partition coefficient (Wildman–Crippen LogP) is 3.82. The summed E-state index contributed by atoms with van der Waals surface area (Å²) < 4.78 is 11.2. The third kappa shape index (κ3) is 4.78. The minimum absolute atomic E-state index is 0.204. The lowest BCUT2D eigenvalue weighted by molar-refractivity contribution is -0.110. The van der Waals surface area contributed by atoms with Gasteiger partial charge in [0, 0.05) is 25.2 Å². The molecule has 2 aliphatic rings. The van der Waals surface area contributed by atoms with E-state index in [0.29, 0.717) is 28.8 Å². The van der Waals surface area contributed by atoms with Crippen LogP contribution in [0.1, 0.15) is 17.5 Å². The van der Waals surface area contributed by atoms with Crippen LogP contribution in [-0.2, 0) is 9.53 Å². The first-order chi connectivity index (χ1) is 14.1. The normalized spacial score (nSPS) is 18.0. The van der Waals surface area contributed by atoms with Crippen LogP contribution in [-0.4, -0.2) is 56.0 Å². The molecule has 6 nitrogen and oxygen atoms in total. The van der Waals surface area contributed by atoms with Gasteiger partial charge in [-0.2, -0.15) is 0 Å². The number of nitrogens with one attached hydrogen (secondary N) is 1. The summed E-state index contributed by atoms with van der Waals surface area (Å²) >= 11 is 6.38.